The van der Waals surface area contributed by atoms with Crippen molar-refractivity contribution in [2.75, 3.05) is 19.4 Å². The minimum Gasteiger partial charge on any atom is -1.00 e. The summed E-state index contributed by atoms with van der Waals surface area (Å²) in [6.45, 7) is 0.811. The van der Waals surface area contributed by atoms with Gasteiger partial charge in [-0.25, -0.2) is 0 Å². The number of azo groups is 1. The van der Waals surface area contributed by atoms with E-state index in [-0.39, 0.29) is 18.7 Å². The minimum atomic E-state index is -0.0640. The Bertz CT molecular complexity index is 695. The van der Waals surface area contributed by atoms with E-state index in [1.165, 1.54) is 5.56 Å². The van der Waals surface area contributed by atoms with Crippen molar-refractivity contribution >= 4 is 11.4 Å². The lowest BCUT2D eigenvalue weighted by atomic mass is 10.2. The number of anilines is 1. The highest BCUT2D eigenvalue weighted by Crippen LogP contribution is 2.20. The second-order valence-electron chi connectivity index (χ2n) is 6.09. The third-order valence-corrected chi connectivity index (χ3v) is 3.82. The first kappa shape index (κ1) is 18.0. The van der Waals surface area contributed by atoms with E-state index in [4.69, 9.17) is 0 Å². The number of nitrogens with one attached hydrogen (secondary N) is 2. The van der Waals surface area contributed by atoms with E-state index in [2.05, 4.69) is 53.3 Å². The maximum Gasteiger partial charge on any atom is 0.283 e. The normalized spacial score (nSPS) is 18.2. The van der Waals surface area contributed by atoms with Crippen LogP contribution in [0.25, 0.3) is 0 Å². The molecule has 2 N–H and O–H groups in total. The van der Waals surface area contributed by atoms with Gasteiger partial charge in [-0.1, -0.05) is 30.3 Å². The molecule has 1 aliphatic heterocycles. The lowest BCUT2D eigenvalue weighted by Gasteiger charge is -2.24. The number of rotatable bonds is 5. The monoisotopic (exact) mass is 343 g/mol. The molecule has 2 aromatic carbocycles. The molecule has 3 rings (SSSR count). The fourth-order valence-electron chi connectivity index (χ4n) is 2.33. The maximum absolute atomic E-state index is 4.37. The molecule has 0 spiro atoms. The summed E-state index contributed by atoms with van der Waals surface area (Å²) in [5, 5.41) is 15.3. The average molecular weight is 344 g/mol. The average Bonchev–Trinajstić information content (AvgIpc) is 2.91. The van der Waals surface area contributed by atoms with Gasteiger partial charge in [-0.05, 0) is 29.8 Å². The van der Waals surface area contributed by atoms with Gasteiger partial charge < -0.3 is 23.0 Å². The van der Waals surface area contributed by atoms with Crippen LogP contribution in [0.5, 0.6) is 0 Å². The highest BCUT2D eigenvalue weighted by molar-refractivity contribution is 5.50. The highest BCUT2D eigenvalue weighted by atomic mass is 35.5. The smallest absolute Gasteiger partial charge is 0.283 e. The van der Waals surface area contributed by atoms with Crippen molar-refractivity contribution in [1.29, 1.82) is 0 Å². The van der Waals surface area contributed by atoms with Crippen LogP contribution < -0.4 is 23.0 Å². The molecule has 1 unspecified atom stereocenters. The van der Waals surface area contributed by atoms with Gasteiger partial charge in [-0.2, -0.15) is 0 Å². The van der Waals surface area contributed by atoms with Crippen molar-refractivity contribution < 1.29 is 16.9 Å². The van der Waals surface area contributed by atoms with Crippen LogP contribution in [0, 0.1) is 0 Å². The van der Waals surface area contributed by atoms with E-state index in [1.54, 1.807) is 0 Å². The first-order valence-corrected chi connectivity index (χ1v) is 7.69. The Hall–Kier alpha value is -2.37. The summed E-state index contributed by atoms with van der Waals surface area (Å²) in [5.41, 5.74) is 3.18. The van der Waals surface area contributed by atoms with Crippen molar-refractivity contribution in [3.63, 3.8) is 0 Å². The van der Waals surface area contributed by atoms with Crippen LogP contribution in [-0.2, 0) is 6.54 Å². The van der Waals surface area contributed by atoms with Crippen molar-refractivity contribution in [3.8, 4) is 0 Å². The molecule has 24 heavy (non-hydrogen) atoms. The highest BCUT2D eigenvalue weighted by Gasteiger charge is 2.29. The van der Waals surface area contributed by atoms with Gasteiger partial charge in [0.05, 0.1) is 26.0 Å². The summed E-state index contributed by atoms with van der Waals surface area (Å²) in [6.07, 6.45) is 3.91. The van der Waals surface area contributed by atoms with Crippen LogP contribution >= 0.6 is 0 Å². The number of quaternary nitrogens is 1. The molecule has 0 radical (unpaired) electrons. The predicted octanol–water partition coefficient (Wildman–Crippen LogP) is 0.821. The Labute approximate surface area is 149 Å². The molecule has 0 aliphatic carbocycles. The Balaban J connectivity index is 0.00000208. The Morgan fingerprint density at radius 1 is 1.04 bits per heavy atom. The van der Waals surface area contributed by atoms with Gasteiger partial charge in [0.15, 0.2) is 0 Å². The molecule has 0 saturated carbocycles. The molecular formula is C18H22ClN5. The lowest BCUT2D eigenvalue weighted by Crippen LogP contribution is -3.00. The van der Waals surface area contributed by atoms with Crippen LogP contribution in [0.4, 0.5) is 11.4 Å². The molecule has 0 amide bonds. The maximum atomic E-state index is 4.37. The molecule has 1 atom stereocenters. The molecule has 1 aliphatic rings. The summed E-state index contributed by atoms with van der Waals surface area (Å²) in [7, 11) is 4.16. The zero-order chi connectivity index (χ0) is 16.1. The summed E-state index contributed by atoms with van der Waals surface area (Å²) < 4.78 is 0.653. The quantitative estimate of drug-likeness (QED) is 0.624. The minimum absolute atomic E-state index is 0. The van der Waals surface area contributed by atoms with E-state index in [9.17, 15) is 0 Å². The number of hydrogen-bond donors (Lipinski definition) is 2. The molecular weight excluding hydrogens is 322 g/mol. The second-order valence-corrected chi connectivity index (χ2v) is 6.09. The first-order chi connectivity index (χ1) is 11.1. The molecule has 1 heterocycles. The van der Waals surface area contributed by atoms with Crippen molar-refractivity contribution in [1.82, 2.24) is 5.32 Å². The SMILES string of the molecule is C[N+]1(C)C=CNC1N=Nc1ccc(NCc2ccccc2)cc1.[Cl-]. The Morgan fingerprint density at radius 3 is 2.38 bits per heavy atom. The van der Waals surface area contributed by atoms with E-state index in [0.717, 1.165) is 17.9 Å². The summed E-state index contributed by atoms with van der Waals surface area (Å²) >= 11 is 0. The van der Waals surface area contributed by atoms with Gasteiger partial charge in [-0.3, -0.25) is 4.48 Å². The van der Waals surface area contributed by atoms with Crippen LogP contribution in [0.3, 0.4) is 0 Å². The number of halogens is 1. The van der Waals surface area contributed by atoms with E-state index >= 15 is 0 Å². The van der Waals surface area contributed by atoms with E-state index < -0.39 is 0 Å². The Kier molecular flexibility index (Phi) is 5.95. The molecule has 5 nitrogen and oxygen atoms in total. The Morgan fingerprint density at radius 2 is 1.75 bits per heavy atom. The van der Waals surface area contributed by atoms with Crippen LogP contribution in [0.15, 0.2) is 77.2 Å². The molecule has 6 heteroatoms. The fraction of sp³-hybridized carbons (Fsp3) is 0.222. The van der Waals surface area contributed by atoms with Crippen LogP contribution in [0.2, 0.25) is 0 Å². The fourth-order valence-corrected chi connectivity index (χ4v) is 2.33. The summed E-state index contributed by atoms with van der Waals surface area (Å²) in [4.78, 5) is 0. The summed E-state index contributed by atoms with van der Waals surface area (Å²) in [5.74, 6) is 0. The van der Waals surface area contributed by atoms with Crippen molar-refractivity contribution in [2.24, 2.45) is 10.2 Å². The molecule has 2 aromatic rings. The van der Waals surface area contributed by atoms with Gasteiger partial charge in [-0.15, -0.1) is 10.2 Å². The molecule has 126 valence electrons. The third-order valence-electron chi connectivity index (χ3n) is 3.82. The van der Waals surface area contributed by atoms with Crippen LogP contribution in [-0.4, -0.2) is 24.9 Å². The van der Waals surface area contributed by atoms with Crippen molar-refractivity contribution in [2.45, 2.75) is 12.8 Å². The third kappa shape index (κ3) is 4.57. The summed E-state index contributed by atoms with van der Waals surface area (Å²) in [6, 6.07) is 18.3. The molecule has 0 aromatic heterocycles. The number of nitrogens with zero attached hydrogens (tertiary/aromatic N) is 3. The molecule has 0 saturated heterocycles. The molecule has 0 bridgehead atoms. The number of hydrogen-bond acceptors (Lipinski definition) is 4. The second kappa shape index (κ2) is 7.95. The lowest BCUT2D eigenvalue weighted by molar-refractivity contribution is -0.861. The number of benzene rings is 2. The van der Waals surface area contributed by atoms with Crippen molar-refractivity contribution in [3.05, 3.63) is 72.6 Å². The van der Waals surface area contributed by atoms with Gasteiger partial charge in [0.25, 0.3) is 6.29 Å². The van der Waals surface area contributed by atoms with Gasteiger partial charge in [0.1, 0.15) is 6.20 Å². The zero-order valence-electron chi connectivity index (χ0n) is 13.9. The van der Waals surface area contributed by atoms with E-state index in [0.29, 0.717) is 4.48 Å². The van der Waals surface area contributed by atoms with Gasteiger partial charge >= 0.3 is 0 Å². The van der Waals surface area contributed by atoms with E-state index in [1.807, 2.05) is 48.7 Å². The topological polar surface area (TPSA) is 48.8 Å². The molecule has 0 fully saturated rings. The standard InChI is InChI=1S/C18H22N5.ClH/c1-23(2)13-12-19-18(23)22-21-17-10-8-16(9-11-17)20-14-15-6-4-3-5-7-15;/h3-13,18-20H,14H2,1-2H3;1H/q+1;/p-1. The predicted molar refractivity (Wildman–Crippen MR) is 92.9 cm³/mol. The van der Waals surface area contributed by atoms with Crippen LogP contribution in [0.1, 0.15) is 5.56 Å². The zero-order valence-corrected chi connectivity index (χ0v) is 14.6. The largest absolute Gasteiger partial charge is 1.00 e. The van der Waals surface area contributed by atoms with Gasteiger partial charge in [0.2, 0.25) is 0 Å². The van der Waals surface area contributed by atoms with Gasteiger partial charge in [0, 0.05) is 12.2 Å². The first-order valence-electron chi connectivity index (χ1n) is 7.69.